The third kappa shape index (κ3) is 3.70. The first-order chi connectivity index (χ1) is 12.6. The average Bonchev–Trinajstić information content (AvgIpc) is 2.69. The van der Waals surface area contributed by atoms with Crippen LogP contribution in [0.5, 0.6) is 11.5 Å². The molecule has 0 saturated carbocycles. The van der Waals surface area contributed by atoms with Crippen LogP contribution in [0.2, 0.25) is 0 Å². The molecule has 0 bridgehead atoms. The predicted octanol–water partition coefficient (Wildman–Crippen LogP) is 5.38. The predicted molar refractivity (Wildman–Crippen MR) is 104 cm³/mol. The summed E-state index contributed by atoms with van der Waals surface area (Å²) in [5.74, 6) is 1.66. The molecule has 0 unspecified atom stereocenters. The van der Waals surface area contributed by atoms with Gasteiger partial charge in [-0.05, 0) is 79.7 Å². The van der Waals surface area contributed by atoms with Gasteiger partial charge in [-0.3, -0.25) is 4.79 Å². The van der Waals surface area contributed by atoms with Crippen LogP contribution in [0.3, 0.4) is 0 Å². The summed E-state index contributed by atoms with van der Waals surface area (Å²) in [5, 5.41) is 0. The van der Waals surface area contributed by atoms with Gasteiger partial charge >= 0.3 is 0 Å². The molecular weight excluding hydrogens is 326 g/mol. The van der Waals surface area contributed by atoms with Crippen LogP contribution in [0.25, 0.3) is 0 Å². The number of ketones is 1. The fourth-order valence-corrected chi connectivity index (χ4v) is 2.76. The van der Waals surface area contributed by atoms with E-state index in [2.05, 4.69) is 4.90 Å². The summed E-state index contributed by atoms with van der Waals surface area (Å²) < 4.78 is 10.5. The Labute approximate surface area is 153 Å². The van der Waals surface area contributed by atoms with Crippen molar-refractivity contribution < 1.29 is 14.3 Å². The summed E-state index contributed by atoms with van der Waals surface area (Å²) >= 11 is 0. The molecule has 26 heavy (non-hydrogen) atoms. The smallest absolute Gasteiger partial charge is 0.159 e. The number of benzene rings is 3. The first kappa shape index (κ1) is 17.5. The van der Waals surface area contributed by atoms with Gasteiger partial charge in [0.1, 0.15) is 11.5 Å². The van der Waals surface area contributed by atoms with E-state index in [4.69, 9.17) is 9.47 Å². The lowest BCUT2D eigenvalue weighted by atomic mass is 10.1. The van der Waals surface area contributed by atoms with E-state index in [1.165, 1.54) is 0 Å². The van der Waals surface area contributed by atoms with Crippen LogP contribution in [0.15, 0.2) is 72.8 Å². The molecule has 3 aromatic rings. The van der Waals surface area contributed by atoms with E-state index in [0.29, 0.717) is 5.56 Å². The molecule has 0 atom stereocenters. The molecule has 0 aromatic heterocycles. The molecule has 0 aliphatic carbocycles. The number of hydrogen-bond acceptors (Lipinski definition) is 4. The van der Waals surface area contributed by atoms with E-state index in [-0.39, 0.29) is 5.78 Å². The summed E-state index contributed by atoms with van der Waals surface area (Å²) in [6.07, 6.45) is 0. The highest BCUT2D eigenvalue weighted by Gasteiger charge is 2.13. The highest BCUT2D eigenvalue weighted by Crippen LogP contribution is 2.36. The van der Waals surface area contributed by atoms with Gasteiger partial charge in [0, 0.05) is 22.6 Å². The van der Waals surface area contributed by atoms with Crippen molar-refractivity contribution in [3.8, 4) is 11.5 Å². The van der Waals surface area contributed by atoms with Crippen LogP contribution in [-0.2, 0) is 0 Å². The number of methoxy groups -OCH3 is 2. The van der Waals surface area contributed by atoms with Gasteiger partial charge in [-0.15, -0.1) is 0 Å². The molecule has 3 rings (SSSR count). The molecule has 3 aromatic carbocycles. The average molecular weight is 347 g/mol. The second kappa shape index (κ2) is 7.74. The number of rotatable bonds is 6. The van der Waals surface area contributed by atoms with Gasteiger partial charge in [0.25, 0.3) is 0 Å². The zero-order chi connectivity index (χ0) is 18.5. The van der Waals surface area contributed by atoms with Crippen LogP contribution < -0.4 is 14.4 Å². The van der Waals surface area contributed by atoms with Crippen molar-refractivity contribution in [2.45, 2.75) is 6.92 Å². The van der Waals surface area contributed by atoms with Crippen molar-refractivity contribution in [2.24, 2.45) is 0 Å². The number of nitrogens with zero attached hydrogens (tertiary/aromatic N) is 1. The summed E-state index contributed by atoms with van der Waals surface area (Å²) in [6, 6.07) is 23.3. The van der Waals surface area contributed by atoms with Crippen molar-refractivity contribution in [1.29, 1.82) is 0 Å². The van der Waals surface area contributed by atoms with E-state index < -0.39 is 0 Å². The summed E-state index contributed by atoms with van der Waals surface area (Å²) in [6.45, 7) is 1.57. The number of ether oxygens (including phenoxy) is 2. The fourth-order valence-electron chi connectivity index (χ4n) is 2.76. The van der Waals surface area contributed by atoms with Crippen molar-refractivity contribution in [2.75, 3.05) is 19.1 Å². The molecule has 0 saturated heterocycles. The number of carbonyl (C=O) groups excluding carboxylic acids is 1. The molecule has 132 valence electrons. The van der Waals surface area contributed by atoms with Gasteiger partial charge in [0.15, 0.2) is 5.78 Å². The van der Waals surface area contributed by atoms with Crippen LogP contribution >= 0.6 is 0 Å². The maximum atomic E-state index is 11.6. The molecule has 0 N–H and O–H groups in total. The Morgan fingerprint density at radius 2 is 1.00 bits per heavy atom. The first-order valence-corrected chi connectivity index (χ1v) is 8.31. The fraction of sp³-hybridized carbons (Fsp3) is 0.136. The van der Waals surface area contributed by atoms with Gasteiger partial charge in [-0.2, -0.15) is 0 Å². The topological polar surface area (TPSA) is 38.8 Å². The number of hydrogen-bond donors (Lipinski definition) is 0. The SMILES string of the molecule is COc1ccc(N(c2ccc(OC)cc2)c2ccc(C(C)=O)cc2)cc1. The Morgan fingerprint density at radius 1 is 0.654 bits per heavy atom. The Balaban J connectivity index is 2.06. The lowest BCUT2D eigenvalue weighted by Gasteiger charge is -2.26. The number of anilines is 3. The van der Waals surface area contributed by atoms with Gasteiger partial charge in [0.2, 0.25) is 0 Å². The summed E-state index contributed by atoms with van der Waals surface area (Å²) in [4.78, 5) is 13.7. The standard InChI is InChI=1S/C22H21NO3/c1-16(24)17-4-6-18(7-5-17)23(19-8-12-21(25-2)13-9-19)20-10-14-22(26-3)15-11-20/h4-15H,1-3H3. The van der Waals surface area contributed by atoms with E-state index in [1.807, 2.05) is 72.8 Å². The quantitative estimate of drug-likeness (QED) is 0.562. The van der Waals surface area contributed by atoms with Crippen molar-refractivity contribution in [3.63, 3.8) is 0 Å². The van der Waals surface area contributed by atoms with Crippen LogP contribution in [0.1, 0.15) is 17.3 Å². The Morgan fingerprint density at radius 3 is 1.31 bits per heavy atom. The zero-order valence-corrected chi connectivity index (χ0v) is 15.1. The van der Waals surface area contributed by atoms with Crippen LogP contribution in [-0.4, -0.2) is 20.0 Å². The molecule has 0 aliphatic rings. The van der Waals surface area contributed by atoms with Crippen LogP contribution in [0, 0.1) is 0 Å². The minimum atomic E-state index is 0.0528. The maximum absolute atomic E-state index is 11.6. The van der Waals surface area contributed by atoms with Crippen molar-refractivity contribution in [1.82, 2.24) is 0 Å². The molecule has 0 fully saturated rings. The molecule has 4 heteroatoms. The minimum Gasteiger partial charge on any atom is -0.497 e. The molecule has 0 amide bonds. The lowest BCUT2D eigenvalue weighted by Crippen LogP contribution is -2.10. The van der Waals surface area contributed by atoms with E-state index in [9.17, 15) is 4.79 Å². The van der Waals surface area contributed by atoms with Crippen LogP contribution in [0.4, 0.5) is 17.1 Å². The van der Waals surface area contributed by atoms with Gasteiger partial charge in [-0.25, -0.2) is 0 Å². The van der Waals surface area contributed by atoms with Crippen molar-refractivity contribution in [3.05, 3.63) is 78.4 Å². The summed E-state index contributed by atoms with van der Waals surface area (Å²) in [7, 11) is 3.30. The minimum absolute atomic E-state index is 0.0528. The molecule has 0 aliphatic heterocycles. The Hall–Kier alpha value is -3.27. The highest BCUT2D eigenvalue weighted by molar-refractivity contribution is 5.94. The monoisotopic (exact) mass is 347 g/mol. The lowest BCUT2D eigenvalue weighted by molar-refractivity contribution is 0.101. The van der Waals surface area contributed by atoms with E-state index >= 15 is 0 Å². The third-order valence-corrected chi connectivity index (χ3v) is 4.19. The van der Waals surface area contributed by atoms with Crippen molar-refractivity contribution >= 4 is 22.8 Å². The van der Waals surface area contributed by atoms with Gasteiger partial charge in [-0.1, -0.05) is 0 Å². The molecule has 0 spiro atoms. The second-order valence-electron chi connectivity index (χ2n) is 5.83. The summed E-state index contributed by atoms with van der Waals surface area (Å²) in [5.41, 5.74) is 3.64. The Bertz CT molecular complexity index is 821. The molecular formula is C22H21NO3. The normalized spacial score (nSPS) is 10.3. The number of Topliss-reactive ketones (excluding diaryl/α,β-unsaturated/α-hetero) is 1. The van der Waals surface area contributed by atoms with E-state index in [0.717, 1.165) is 28.6 Å². The van der Waals surface area contributed by atoms with Gasteiger partial charge in [0.05, 0.1) is 14.2 Å². The zero-order valence-electron chi connectivity index (χ0n) is 15.1. The van der Waals surface area contributed by atoms with E-state index in [1.54, 1.807) is 21.1 Å². The third-order valence-electron chi connectivity index (χ3n) is 4.19. The first-order valence-electron chi connectivity index (χ1n) is 8.31. The molecule has 0 radical (unpaired) electrons. The van der Waals surface area contributed by atoms with Gasteiger partial charge < -0.3 is 14.4 Å². The molecule has 4 nitrogen and oxygen atoms in total. The number of carbonyl (C=O) groups is 1. The highest BCUT2D eigenvalue weighted by atomic mass is 16.5. The largest absolute Gasteiger partial charge is 0.497 e. The Kier molecular flexibility index (Phi) is 5.23. The molecule has 0 heterocycles. The second-order valence-corrected chi connectivity index (χ2v) is 5.83. The maximum Gasteiger partial charge on any atom is 0.159 e.